The number of piperidine rings is 1. The summed E-state index contributed by atoms with van der Waals surface area (Å²) in [6.07, 6.45) is 11.0. The molecule has 5 rings (SSSR count). The van der Waals surface area contributed by atoms with Crippen LogP contribution in [0.4, 0.5) is 5.95 Å². The van der Waals surface area contributed by atoms with Gasteiger partial charge in [0.15, 0.2) is 0 Å². The Morgan fingerprint density at radius 1 is 1.13 bits per heavy atom. The zero-order chi connectivity index (χ0) is 21.4. The van der Waals surface area contributed by atoms with Crippen LogP contribution in [0.2, 0.25) is 5.02 Å². The number of carbonyl (C=O) groups is 1. The Labute approximate surface area is 185 Å². The van der Waals surface area contributed by atoms with Gasteiger partial charge in [-0.3, -0.25) is 14.5 Å². The number of amides is 1. The van der Waals surface area contributed by atoms with Crippen molar-refractivity contribution in [1.29, 1.82) is 0 Å². The minimum absolute atomic E-state index is 0.0726. The van der Waals surface area contributed by atoms with Crippen molar-refractivity contribution in [1.82, 2.24) is 29.6 Å². The van der Waals surface area contributed by atoms with Crippen LogP contribution in [-0.4, -0.2) is 54.7 Å². The molecule has 160 valence electrons. The van der Waals surface area contributed by atoms with Crippen molar-refractivity contribution in [3.8, 4) is 11.1 Å². The van der Waals surface area contributed by atoms with E-state index in [0.717, 1.165) is 29.7 Å². The Balaban J connectivity index is 1.38. The van der Waals surface area contributed by atoms with E-state index in [9.17, 15) is 4.79 Å². The van der Waals surface area contributed by atoms with Gasteiger partial charge in [-0.25, -0.2) is 9.97 Å². The third-order valence-electron chi connectivity index (χ3n) is 5.99. The lowest BCUT2D eigenvalue weighted by molar-refractivity contribution is 0.0701. The molecule has 1 aliphatic carbocycles. The topological polar surface area (TPSA) is 88.8 Å². The molecule has 0 atom stereocenters. The molecule has 1 N–H and O–H groups in total. The zero-order valence-electron chi connectivity index (χ0n) is 17.3. The molecule has 8 nitrogen and oxygen atoms in total. The van der Waals surface area contributed by atoms with Crippen LogP contribution < -0.4 is 5.32 Å². The van der Waals surface area contributed by atoms with E-state index in [1.807, 2.05) is 23.2 Å². The molecule has 0 bridgehead atoms. The highest BCUT2D eigenvalue weighted by Crippen LogP contribution is 2.35. The molecule has 3 aromatic heterocycles. The Kier molecular flexibility index (Phi) is 5.31. The largest absolute Gasteiger partial charge is 0.351 e. The maximum absolute atomic E-state index is 13.0. The summed E-state index contributed by atoms with van der Waals surface area (Å²) in [5.74, 6) is 0.865. The first-order chi connectivity index (χ1) is 15.1. The summed E-state index contributed by atoms with van der Waals surface area (Å²) >= 11 is 6.18. The minimum Gasteiger partial charge on any atom is -0.351 e. The summed E-state index contributed by atoms with van der Waals surface area (Å²) in [6, 6.07) is 4.46. The monoisotopic (exact) mass is 437 g/mol. The number of aryl methyl sites for hydroxylation is 1. The second-order valence-corrected chi connectivity index (χ2v) is 8.59. The number of hydrogen-bond donors (Lipinski definition) is 1. The number of aromatic nitrogens is 5. The zero-order valence-corrected chi connectivity index (χ0v) is 18.1. The summed E-state index contributed by atoms with van der Waals surface area (Å²) in [6.45, 7) is 1.30. The molecule has 9 heteroatoms. The Morgan fingerprint density at radius 3 is 2.52 bits per heavy atom. The van der Waals surface area contributed by atoms with E-state index in [4.69, 9.17) is 16.6 Å². The maximum atomic E-state index is 13.0. The summed E-state index contributed by atoms with van der Waals surface area (Å²) in [5, 5.41) is 7.88. The number of hydrogen-bond acceptors (Lipinski definition) is 6. The first-order valence-electron chi connectivity index (χ1n) is 10.6. The number of pyridine rings is 1. The van der Waals surface area contributed by atoms with E-state index in [0.29, 0.717) is 35.8 Å². The fourth-order valence-electron chi connectivity index (χ4n) is 4.10. The van der Waals surface area contributed by atoms with Gasteiger partial charge in [0.05, 0.1) is 16.9 Å². The number of anilines is 1. The fourth-order valence-corrected chi connectivity index (χ4v) is 4.34. The van der Waals surface area contributed by atoms with Crippen LogP contribution in [0.1, 0.15) is 47.8 Å². The van der Waals surface area contributed by atoms with Crippen molar-refractivity contribution in [3.05, 3.63) is 53.3 Å². The number of likely N-dealkylation sites (tertiary alicyclic amines) is 1. The van der Waals surface area contributed by atoms with Crippen LogP contribution in [0.3, 0.4) is 0 Å². The summed E-state index contributed by atoms with van der Waals surface area (Å²) in [4.78, 5) is 28.4. The Hall–Kier alpha value is -3.00. The van der Waals surface area contributed by atoms with Crippen LogP contribution in [-0.2, 0) is 7.05 Å². The third kappa shape index (κ3) is 4.12. The lowest BCUT2D eigenvalue weighted by atomic mass is 9.89. The van der Waals surface area contributed by atoms with Crippen LogP contribution in [0.15, 0.2) is 36.9 Å². The minimum atomic E-state index is -0.0726. The smallest absolute Gasteiger partial charge is 0.273 e. The number of nitrogens with zero attached hydrogens (tertiary/aromatic N) is 6. The molecule has 0 unspecified atom stereocenters. The highest BCUT2D eigenvalue weighted by Gasteiger charge is 2.30. The molecule has 31 heavy (non-hydrogen) atoms. The lowest BCUT2D eigenvalue weighted by Crippen LogP contribution is -2.39. The normalized spacial score (nSPS) is 17.0. The summed E-state index contributed by atoms with van der Waals surface area (Å²) < 4.78 is 1.54. The molecule has 2 fully saturated rings. The molecule has 0 aromatic carbocycles. The molecule has 1 aliphatic heterocycles. The van der Waals surface area contributed by atoms with E-state index >= 15 is 0 Å². The lowest BCUT2D eigenvalue weighted by Gasteiger charge is -2.32. The molecular weight excluding hydrogens is 414 g/mol. The predicted molar refractivity (Wildman–Crippen MR) is 118 cm³/mol. The molecule has 1 amide bonds. The van der Waals surface area contributed by atoms with Gasteiger partial charge in [0.2, 0.25) is 5.95 Å². The van der Waals surface area contributed by atoms with Crippen molar-refractivity contribution in [2.45, 2.75) is 37.6 Å². The van der Waals surface area contributed by atoms with E-state index in [1.165, 1.54) is 19.0 Å². The number of rotatable bonds is 5. The molecule has 3 aromatic rings. The first-order valence-corrected chi connectivity index (χ1v) is 11.0. The van der Waals surface area contributed by atoms with Crippen LogP contribution >= 0.6 is 11.6 Å². The van der Waals surface area contributed by atoms with E-state index in [1.54, 1.807) is 24.1 Å². The molecule has 4 heterocycles. The molecule has 0 radical (unpaired) electrons. The van der Waals surface area contributed by atoms with Gasteiger partial charge in [-0.1, -0.05) is 11.6 Å². The molecular formula is C22H24ClN7O. The fraction of sp³-hybridized carbons (Fsp3) is 0.409. The van der Waals surface area contributed by atoms with Crippen LogP contribution in [0, 0.1) is 0 Å². The summed E-state index contributed by atoms with van der Waals surface area (Å²) in [7, 11) is 1.74. The van der Waals surface area contributed by atoms with Crippen molar-refractivity contribution in [2.24, 2.45) is 7.05 Å². The predicted octanol–water partition coefficient (Wildman–Crippen LogP) is 3.52. The van der Waals surface area contributed by atoms with Crippen molar-refractivity contribution < 1.29 is 4.79 Å². The van der Waals surface area contributed by atoms with Gasteiger partial charge in [-0.15, -0.1) is 0 Å². The number of carbonyl (C=O) groups excluding carboxylic acids is 1. The molecule has 1 saturated heterocycles. The van der Waals surface area contributed by atoms with Crippen LogP contribution in [0.5, 0.6) is 0 Å². The van der Waals surface area contributed by atoms with Gasteiger partial charge in [-0.2, -0.15) is 5.10 Å². The number of halogens is 1. The summed E-state index contributed by atoms with van der Waals surface area (Å²) in [5.41, 5.74) is 3.57. The van der Waals surface area contributed by atoms with Crippen LogP contribution in [0.25, 0.3) is 11.1 Å². The van der Waals surface area contributed by atoms with Gasteiger partial charge in [0, 0.05) is 56.3 Å². The highest BCUT2D eigenvalue weighted by atomic mass is 35.5. The quantitative estimate of drug-likeness (QED) is 0.657. The van der Waals surface area contributed by atoms with Crippen molar-refractivity contribution in [2.75, 3.05) is 18.4 Å². The van der Waals surface area contributed by atoms with Gasteiger partial charge in [0.1, 0.15) is 5.69 Å². The van der Waals surface area contributed by atoms with E-state index in [-0.39, 0.29) is 11.8 Å². The van der Waals surface area contributed by atoms with E-state index < -0.39 is 0 Å². The maximum Gasteiger partial charge on any atom is 0.273 e. The van der Waals surface area contributed by atoms with Gasteiger partial charge >= 0.3 is 0 Å². The second kappa shape index (κ2) is 8.26. The van der Waals surface area contributed by atoms with Gasteiger partial charge < -0.3 is 10.2 Å². The standard InChI is InChI=1S/C22H24ClN7O/c1-29-20(18(23)13-26-29)21(31)30-10-6-15(7-11-30)19-17(14-4-8-24-9-5-14)12-25-22(28-19)27-16-2-3-16/h4-5,8-9,12-13,15-16H,2-3,6-7,10-11H2,1H3,(H,25,27,28). The highest BCUT2D eigenvalue weighted by molar-refractivity contribution is 6.33. The van der Waals surface area contributed by atoms with Gasteiger partial charge in [0.25, 0.3) is 5.91 Å². The van der Waals surface area contributed by atoms with Crippen molar-refractivity contribution in [3.63, 3.8) is 0 Å². The first kappa shape index (κ1) is 19.9. The third-order valence-corrected chi connectivity index (χ3v) is 6.26. The average Bonchev–Trinajstić information content (AvgIpc) is 3.56. The van der Waals surface area contributed by atoms with Gasteiger partial charge in [-0.05, 0) is 43.4 Å². The Morgan fingerprint density at radius 2 is 1.87 bits per heavy atom. The molecule has 1 saturated carbocycles. The molecule has 0 spiro atoms. The Bertz CT molecular complexity index is 1070. The number of nitrogens with one attached hydrogen (secondary N) is 1. The van der Waals surface area contributed by atoms with Crippen molar-refractivity contribution >= 4 is 23.5 Å². The second-order valence-electron chi connectivity index (χ2n) is 8.18. The van der Waals surface area contributed by atoms with E-state index in [2.05, 4.69) is 20.4 Å². The SMILES string of the molecule is Cn1ncc(Cl)c1C(=O)N1CCC(c2nc(NC3CC3)ncc2-c2ccncc2)CC1. The molecule has 2 aliphatic rings. The average molecular weight is 438 g/mol.